The Bertz CT molecular complexity index is 1300. The van der Waals surface area contributed by atoms with Crippen molar-refractivity contribution in [1.29, 1.82) is 0 Å². The van der Waals surface area contributed by atoms with Crippen LogP contribution in [-0.4, -0.2) is 23.3 Å². The summed E-state index contributed by atoms with van der Waals surface area (Å²) in [5.74, 6) is -2.25. The van der Waals surface area contributed by atoms with Crippen molar-refractivity contribution in [2.75, 3.05) is 6.61 Å². The number of halogens is 3. The minimum atomic E-state index is -0.794. The maximum absolute atomic E-state index is 14.2. The number of Topliss-reactive ketones (excluding diaryl/α,β-unsaturated/α-hetero) is 1. The Morgan fingerprint density at radius 2 is 1.83 bits per heavy atom. The normalized spacial score (nSPS) is 11.1. The highest BCUT2D eigenvalue weighted by Gasteiger charge is 2.17. The van der Waals surface area contributed by atoms with Gasteiger partial charge in [0, 0.05) is 33.1 Å². The minimum absolute atomic E-state index is 0.00651. The molecule has 0 aliphatic rings. The molecule has 0 spiro atoms. The van der Waals surface area contributed by atoms with E-state index in [2.05, 4.69) is 4.98 Å². The van der Waals surface area contributed by atoms with Crippen molar-refractivity contribution in [2.24, 2.45) is 5.73 Å². The van der Waals surface area contributed by atoms with Crippen molar-refractivity contribution in [3.8, 4) is 5.75 Å². The molecule has 146 valence electrons. The van der Waals surface area contributed by atoms with Gasteiger partial charge in [-0.05, 0) is 47.9 Å². The fourth-order valence-corrected chi connectivity index (χ4v) is 3.39. The van der Waals surface area contributed by atoms with Gasteiger partial charge in [-0.3, -0.25) is 9.59 Å². The van der Waals surface area contributed by atoms with E-state index in [0.29, 0.717) is 21.9 Å². The first-order valence-corrected chi connectivity index (χ1v) is 8.86. The number of ketones is 1. The van der Waals surface area contributed by atoms with Crippen molar-refractivity contribution in [1.82, 2.24) is 4.98 Å². The smallest absolute Gasteiger partial charge is 0.252 e. The maximum atomic E-state index is 14.2. The van der Waals surface area contributed by atoms with Crippen LogP contribution >= 0.6 is 11.6 Å². The summed E-state index contributed by atoms with van der Waals surface area (Å²) in [6.07, 6.45) is 1.45. The van der Waals surface area contributed by atoms with Gasteiger partial charge in [0.2, 0.25) is 5.78 Å². The molecule has 0 aliphatic heterocycles. The van der Waals surface area contributed by atoms with Crippen LogP contribution in [0.1, 0.15) is 20.7 Å². The molecule has 0 fully saturated rings. The lowest BCUT2D eigenvalue weighted by Crippen LogP contribution is -2.16. The number of ether oxygens (including phenoxy) is 1. The van der Waals surface area contributed by atoms with E-state index in [-0.39, 0.29) is 21.7 Å². The van der Waals surface area contributed by atoms with Gasteiger partial charge in [0.05, 0.1) is 5.56 Å². The Labute approximate surface area is 168 Å². The van der Waals surface area contributed by atoms with E-state index in [4.69, 9.17) is 22.1 Å². The SMILES string of the molecule is NC(=O)c1cc2cc(Cl)cc(F)c2cc1OCC(=O)c1c[nH]c2cc(F)ccc12. The number of hydrogen-bond acceptors (Lipinski definition) is 3. The van der Waals surface area contributed by atoms with Crippen LogP contribution in [0.4, 0.5) is 8.78 Å². The van der Waals surface area contributed by atoms with Gasteiger partial charge in [0.1, 0.15) is 17.4 Å². The summed E-state index contributed by atoms with van der Waals surface area (Å²) in [7, 11) is 0. The van der Waals surface area contributed by atoms with Gasteiger partial charge >= 0.3 is 0 Å². The number of aromatic nitrogens is 1. The Balaban J connectivity index is 1.67. The molecule has 3 aromatic carbocycles. The lowest BCUT2D eigenvalue weighted by Gasteiger charge is -2.11. The molecule has 4 rings (SSSR count). The second-order valence-electron chi connectivity index (χ2n) is 6.43. The van der Waals surface area contributed by atoms with E-state index in [1.807, 2.05) is 0 Å². The molecule has 3 N–H and O–H groups in total. The Morgan fingerprint density at radius 1 is 1.03 bits per heavy atom. The number of hydrogen-bond donors (Lipinski definition) is 2. The number of carbonyl (C=O) groups is 2. The summed E-state index contributed by atoms with van der Waals surface area (Å²) in [6.45, 7) is -0.425. The van der Waals surface area contributed by atoms with Crippen LogP contribution < -0.4 is 10.5 Å². The Hall–Kier alpha value is -3.45. The highest BCUT2D eigenvalue weighted by Crippen LogP contribution is 2.30. The zero-order valence-electron chi connectivity index (χ0n) is 14.8. The van der Waals surface area contributed by atoms with Gasteiger partial charge in [-0.1, -0.05) is 11.6 Å². The van der Waals surface area contributed by atoms with Crippen molar-refractivity contribution >= 4 is 45.0 Å². The van der Waals surface area contributed by atoms with Gasteiger partial charge < -0.3 is 15.5 Å². The van der Waals surface area contributed by atoms with Crippen molar-refractivity contribution in [3.63, 3.8) is 0 Å². The summed E-state index contributed by atoms with van der Waals surface area (Å²) in [6, 6.07) is 9.30. The molecule has 1 aromatic heterocycles. The van der Waals surface area contributed by atoms with Gasteiger partial charge in [-0.2, -0.15) is 0 Å². The molecular formula is C21H13ClF2N2O3. The molecule has 4 aromatic rings. The molecule has 29 heavy (non-hydrogen) atoms. The third kappa shape index (κ3) is 3.52. The maximum Gasteiger partial charge on any atom is 0.252 e. The quantitative estimate of drug-likeness (QED) is 0.467. The fraction of sp³-hybridized carbons (Fsp3) is 0.0476. The first-order chi connectivity index (χ1) is 13.8. The molecule has 0 saturated heterocycles. The average Bonchev–Trinajstić information content (AvgIpc) is 3.08. The fourth-order valence-electron chi connectivity index (χ4n) is 3.17. The highest BCUT2D eigenvalue weighted by molar-refractivity contribution is 6.31. The molecule has 0 aliphatic carbocycles. The molecule has 0 bridgehead atoms. The first-order valence-electron chi connectivity index (χ1n) is 8.49. The molecule has 8 heteroatoms. The predicted molar refractivity (Wildman–Crippen MR) is 106 cm³/mol. The summed E-state index contributed by atoms with van der Waals surface area (Å²) in [4.78, 5) is 27.2. The van der Waals surface area contributed by atoms with Crippen LogP contribution in [0.25, 0.3) is 21.7 Å². The van der Waals surface area contributed by atoms with Crippen LogP contribution in [-0.2, 0) is 0 Å². The van der Waals surface area contributed by atoms with Gasteiger partial charge in [0.15, 0.2) is 6.61 Å². The van der Waals surface area contributed by atoms with Gasteiger partial charge in [-0.25, -0.2) is 8.78 Å². The third-order valence-electron chi connectivity index (χ3n) is 4.54. The van der Waals surface area contributed by atoms with Gasteiger partial charge in [-0.15, -0.1) is 0 Å². The second-order valence-corrected chi connectivity index (χ2v) is 6.86. The van der Waals surface area contributed by atoms with E-state index in [0.717, 1.165) is 6.07 Å². The topological polar surface area (TPSA) is 85.2 Å². The molecule has 1 heterocycles. The van der Waals surface area contributed by atoms with Crippen molar-refractivity contribution in [2.45, 2.75) is 0 Å². The van der Waals surface area contributed by atoms with Crippen LogP contribution in [0, 0.1) is 11.6 Å². The Morgan fingerprint density at radius 3 is 2.59 bits per heavy atom. The molecule has 0 atom stereocenters. The number of carbonyl (C=O) groups excluding carboxylic acids is 2. The van der Waals surface area contributed by atoms with Crippen LogP contribution in [0.15, 0.2) is 48.7 Å². The van der Waals surface area contributed by atoms with E-state index < -0.39 is 29.9 Å². The number of H-pyrrole nitrogens is 1. The standard InChI is InChI=1S/C21H13ClF2N2O3/c22-11-3-10-4-15(21(25)28)20(7-14(10)17(24)5-11)29-9-19(27)16-8-26-18-6-12(23)1-2-13(16)18/h1-8,26H,9H2,(H2,25,28). The number of nitrogens with two attached hydrogens (primary N) is 1. The molecule has 0 unspecified atom stereocenters. The van der Waals surface area contributed by atoms with Gasteiger partial charge in [0.25, 0.3) is 5.91 Å². The number of benzene rings is 3. The van der Waals surface area contributed by atoms with Crippen LogP contribution in [0.2, 0.25) is 5.02 Å². The van der Waals surface area contributed by atoms with E-state index in [1.165, 1.54) is 42.6 Å². The summed E-state index contributed by atoms with van der Waals surface area (Å²) < 4.78 is 33.1. The van der Waals surface area contributed by atoms with E-state index in [9.17, 15) is 18.4 Å². The van der Waals surface area contributed by atoms with E-state index in [1.54, 1.807) is 0 Å². The molecule has 0 saturated carbocycles. The number of nitrogens with one attached hydrogen (secondary N) is 1. The lowest BCUT2D eigenvalue weighted by atomic mass is 10.0. The summed E-state index contributed by atoms with van der Waals surface area (Å²) >= 11 is 5.85. The van der Waals surface area contributed by atoms with Crippen molar-refractivity contribution < 1.29 is 23.1 Å². The minimum Gasteiger partial charge on any atom is -0.485 e. The van der Waals surface area contributed by atoms with Crippen LogP contribution in [0.5, 0.6) is 5.75 Å². The molecular weight excluding hydrogens is 402 g/mol. The monoisotopic (exact) mass is 414 g/mol. The first kappa shape index (κ1) is 18.9. The largest absolute Gasteiger partial charge is 0.485 e. The number of rotatable bonds is 5. The number of amides is 1. The number of aromatic amines is 1. The van der Waals surface area contributed by atoms with Crippen molar-refractivity contribution in [3.05, 3.63) is 76.4 Å². The predicted octanol–water partition coefficient (Wildman–Crippen LogP) is 4.61. The lowest BCUT2D eigenvalue weighted by molar-refractivity contribution is 0.0914. The van der Waals surface area contributed by atoms with Crippen LogP contribution in [0.3, 0.4) is 0 Å². The molecule has 0 radical (unpaired) electrons. The summed E-state index contributed by atoms with van der Waals surface area (Å²) in [5, 5.41) is 1.25. The molecule has 1 amide bonds. The highest BCUT2D eigenvalue weighted by atomic mass is 35.5. The number of fused-ring (bicyclic) bond motifs is 2. The summed E-state index contributed by atoms with van der Waals surface area (Å²) in [5.41, 5.74) is 6.17. The zero-order chi connectivity index (χ0) is 20.7. The van der Waals surface area contributed by atoms with E-state index >= 15 is 0 Å². The third-order valence-corrected chi connectivity index (χ3v) is 4.75. The zero-order valence-corrected chi connectivity index (χ0v) is 15.5. The Kier molecular flexibility index (Phi) is 4.68. The number of primary amides is 1. The molecule has 5 nitrogen and oxygen atoms in total. The average molecular weight is 415 g/mol. The second kappa shape index (κ2) is 7.18.